The number of rotatable bonds is 6. The van der Waals surface area contributed by atoms with Crippen LogP contribution in [0.2, 0.25) is 5.02 Å². The van der Waals surface area contributed by atoms with Gasteiger partial charge in [-0.25, -0.2) is 0 Å². The molecule has 3 heteroatoms. The summed E-state index contributed by atoms with van der Waals surface area (Å²) in [7, 11) is 2.16. The van der Waals surface area contributed by atoms with E-state index in [1.807, 2.05) is 12.1 Å². The minimum absolute atomic E-state index is 0.498. The molecule has 0 saturated heterocycles. The Bertz CT molecular complexity index is 427. The third-order valence-corrected chi connectivity index (χ3v) is 4.55. The highest BCUT2D eigenvalue weighted by atomic mass is 35.5. The van der Waals surface area contributed by atoms with Crippen molar-refractivity contribution in [1.29, 1.82) is 0 Å². The molecule has 0 radical (unpaired) electrons. The van der Waals surface area contributed by atoms with Crippen molar-refractivity contribution in [2.24, 2.45) is 5.92 Å². The largest absolute Gasteiger partial charge is 0.371 e. The predicted octanol–water partition coefficient (Wildman–Crippen LogP) is 4.07. The molecule has 1 unspecified atom stereocenters. The first-order valence-corrected chi connectivity index (χ1v) is 7.62. The smallest absolute Gasteiger partial charge is 0.0471 e. The first-order chi connectivity index (χ1) is 9.00. The second kappa shape index (κ2) is 6.15. The monoisotopic (exact) mass is 280 g/mol. The fourth-order valence-corrected chi connectivity index (χ4v) is 2.49. The Balaban J connectivity index is 2.19. The average molecular weight is 281 g/mol. The number of hydrogen-bond acceptors (Lipinski definition) is 2. The van der Waals surface area contributed by atoms with Crippen molar-refractivity contribution in [2.45, 2.75) is 52.2 Å². The Labute approximate surface area is 122 Å². The lowest BCUT2D eigenvalue weighted by atomic mass is 10.0. The number of anilines is 1. The molecule has 1 aromatic rings. The van der Waals surface area contributed by atoms with E-state index in [4.69, 9.17) is 11.6 Å². The molecule has 0 aromatic heterocycles. The molecule has 0 bridgehead atoms. The molecule has 0 aliphatic heterocycles. The maximum absolute atomic E-state index is 6.39. The van der Waals surface area contributed by atoms with Crippen molar-refractivity contribution in [3.05, 3.63) is 28.8 Å². The van der Waals surface area contributed by atoms with Crippen LogP contribution in [-0.2, 0) is 6.54 Å². The van der Waals surface area contributed by atoms with Crippen LogP contribution in [0.1, 0.15) is 39.2 Å². The van der Waals surface area contributed by atoms with E-state index in [0.717, 1.165) is 11.6 Å². The predicted molar refractivity (Wildman–Crippen MR) is 84.0 cm³/mol. The molecule has 1 aliphatic rings. The van der Waals surface area contributed by atoms with Crippen LogP contribution in [0.5, 0.6) is 0 Å². The van der Waals surface area contributed by atoms with E-state index in [2.05, 4.69) is 44.1 Å². The fourth-order valence-electron chi connectivity index (χ4n) is 2.25. The van der Waals surface area contributed by atoms with Crippen LogP contribution in [0.3, 0.4) is 0 Å². The minimum atomic E-state index is 0.498. The van der Waals surface area contributed by atoms with Gasteiger partial charge in [0.2, 0.25) is 0 Å². The maximum Gasteiger partial charge on any atom is 0.0471 e. The SMILES string of the molecule is CC(C)C(C)N(C)c1cccc(Cl)c1CNC1CC1. The van der Waals surface area contributed by atoms with Crippen molar-refractivity contribution in [3.8, 4) is 0 Å². The Morgan fingerprint density at radius 1 is 1.32 bits per heavy atom. The second-order valence-corrected chi connectivity index (χ2v) is 6.40. The van der Waals surface area contributed by atoms with E-state index in [1.165, 1.54) is 24.1 Å². The van der Waals surface area contributed by atoms with Crippen LogP contribution < -0.4 is 10.2 Å². The lowest BCUT2D eigenvalue weighted by Crippen LogP contribution is -2.34. The normalized spacial score (nSPS) is 16.7. The van der Waals surface area contributed by atoms with Gasteiger partial charge in [-0.2, -0.15) is 0 Å². The van der Waals surface area contributed by atoms with Crippen molar-refractivity contribution >= 4 is 17.3 Å². The molecule has 0 spiro atoms. The van der Waals surface area contributed by atoms with Gasteiger partial charge < -0.3 is 10.2 Å². The highest BCUT2D eigenvalue weighted by molar-refractivity contribution is 6.31. The molecular formula is C16H25ClN2. The van der Waals surface area contributed by atoms with E-state index in [9.17, 15) is 0 Å². The van der Waals surface area contributed by atoms with E-state index in [-0.39, 0.29) is 0 Å². The van der Waals surface area contributed by atoms with Crippen LogP contribution in [0.15, 0.2) is 18.2 Å². The molecule has 0 heterocycles. The van der Waals surface area contributed by atoms with Gasteiger partial charge in [0.05, 0.1) is 0 Å². The van der Waals surface area contributed by atoms with Gasteiger partial charge in [0.25, 0.3) is 0 Å². The zero-order valence-corrected chi connectivity index (χ0v) is 13.2. The minimum Gasteiger partial charge on any atom is -0.371 e. The summed E-state index contributed by atoms with van der Waals surface area (Å²) >= 11 is 6.39. The molecule has 2 rings (SSSR count). The number of halogens is 1. The summed E-state index contributed by atoms with van der Waals surface area (Å²) in [4.78, 5) is 2.35. The van der Waals surface area contributed by atoms with E-state index < -0.39 is 0 Å². The lowest BCUT2D eigenvalue weighted by molar-refractivity contribution is 0.504. The highest BCUT2D eigenvalue weighted by Gasteiger charge is 2.22. The standard InChI is InChI=1S/C16H25ClN2/c1-11(2)12(3)19(4)16-7-5-6-15(17)14(16)10-18-13-8-9-13/h5-7,11-13,18H,8-10H2,1-4H3. The zero-order chi connectivity index (χ0) is 14.0. The number of hydrogen-bond donors (Lipinski definition) is 1. The summed E-state index contributed by atoms with van der Waals surface area (Å²) in [5.74, 6) is 0.619. The number of nitrogens with zero attached hydrogens (tertiary/aromatic N) is 1. The molecule has 19 heavy (non-hydrogen) atoms. The van der Waals surface area contributed by atoms with Crippen molar-refractivity contribution in [1.82, 2.24) is 5.32 Å². The quantitative estimate of drug-likeness (QED) is 0.845. The van der Waals surface area contributed by atoms with Gasteiger partial charge in [0, 0.05) is 41.9 Å². The van der Waals surface area contributed by atoms with Gasteiger partial charge in [-0.1, -0.05) is 31.5 Å². The first-order valence-electron chi connectivity index (χ1n) is 7.24. The van der Waals surface area contributed by atoms with Crippen LogP contribution in [0, 0.1) is 5.92 Å². The topological polar surface area (TPSA) is 15.3 Å². The third kappa shape index (κ3) is 3.64. The molecule has 2 nitrogen and oxygen atoms in total. The molecular weight excluding hydrogens is 256 g/mol. The van der Waals surface area contributed by atoms with E-state index >= 15 is 0 Å². The Morgan fingerprint density at radius 2 is 2.00 bits per heavy atom. The Kier molecular flexibility index (Phi) is 4.75. The second-order valence-electron chi connectivity index (χ2n) is 5.99. The molecule has 1 saturated carbocycles. The lowest BCUT2D eigenvalue weighted by Gasteiger charge is -2.32. The summed E-state index contributed by atoms with van der Waals surface area (Å²) in [6.07, 6.45) is 2.61. The summed E-state index contributed by atoms with van der Waals surface area (Å²) in [6, 6.07) is 7.41. The van der Waals surface area contributed by atoms with Crippen LogP contribution in [0.4, 0.5) is 5.69 Å². The van der Waals surface area contributed by atoms with Crippen LogP contribution in [0.25, 0.3) is 0 Å². The van der Waals surface area contributed by atoms with Gasteiger partial charge in [0.15, 0.2) is 0 Å². The number of benzene rings is 1. The summed E-state index contributed by atoms with van der Waals surface area (Å²) < 4.78 is 0. The van der Waals surface area contributed by atoms with Gasteiger partial charge >= 0.3 is 0 Å². The highest BCUT2D eigenvalue weighted by Crippen LogP contribution is 2.30. The summed E-state index contributed by atoms with van der Waals surface area (Å²) in [6.45, 7) is 7.65. The maximum atomic E-state index is 6.39. The zero-order valence-electron chi connectivity index (χ0n) is 12.4. The molecule has 1 atom stereocenters. The number of nitrogens with one attached hydrogen (secondary N) is 1. The van der Waals surface area contributed by atoms with E-state index in [0.29, 0.717) is 18.0 Å². The van der Waals surface area contributed by atoms with Crippen molar-refractivity contribution in [3.63, 3.8) is 0 Å². The first kappa shape index (κ1) is 14.7. The summed E-state index contributed by atoms with van der Waals surface area (Å²) in [5.41, 5.74) is 2.48. The fraction of sp³-hybridized carbons (Fsp3) is 0.625. The van der Waals surface area contributed by atoms with Gasteiger partial charge in [-0.15, -0.1) is 0 Å². The molecule has 0 amide bonds. The average Bonchev–Trinajstić information content (AvgIpc) is 3.19. The third-order valence-electron chi connectivity index (χ3n) is 4.19. The Hall–Kier alpha value is -0.730. The molecule has 1 aliphatic carbocycles. The molecule has 1 N–H and O–H groups in total. The van der Waals surface area contributed by atoms with Crippen molar-refractivity contribution in [2.75, 3.05) is 11.9 Å². The van der Waals surface area contributed by atoms with Gasteiger partial charge in [-0.3, -0.25) is 0 Å². The Morgan fingerprint density at radius 3 is 2.58 bits per heavy atom. The summed E-state index contributed by atoms with van der Waals surface area (Å²) in [5, 5.41) is 4.43. The van der Waals surface area contributed by atoms with Gasteiger partial charge in [0.1, 0.15) is 0 Å². The molecule has 1 aromatic carbocycles. The molecule has 1 fully saturated rings. The van der Waals surface area contributed by atoms with Gasteiger partial charge in [-0.05, 0) is 37.8 Å². The van der Waals surface area contributed by atoms with Crippen LogP contribution >= 0.6 is 11.6 Å². The van der Waals surface area contributed by atoms with E-state index in [1.54, 1.807) is 0 Å². The van der Waals surface area contributed by atoms with Crippen molar-refractivity contribution < 1.29 is 0 Å². The van der Waals surface area contributed by atoms with Crippen LogP contribution in [-0.4, -0.2) is 19.1 Å². The molecule has 106 valence electrons.